The van der Waals surface area contributed by atoms with Crippen LogP contribution in [-0.4, -0.2) is 62.3 Å². The molecule has 0 aliphatic rings. The van der Waals surface area contributed by atoms with E-state index in [4.69, 9.17) is 0 Å². The maximum absolute atomic E-state index is 12.2. The summed E-state index contributed by atoms with van der Waals surface area (Å²) in [4.78, 5) is 20.4. The minimum atomic E-state index is -0.657. The van der Waals surface area contributed by atoms with Crippen LogP contribution in [0.15, 0.2) is 48.7 Å². The van der Waals surface area contributed by atoms with Gasteiger partial charge >= 0.3 is 6.03 Å². The van der Waals surface area contributed by atoms with Crippen LogP contribution in [0.1, 0.15) is 11.7 Å². The van der Waals surface area contributed by atoms with Crippen molar-refractivity contribution in [3.8, 4) is 0 Å². The van der Waals surface area contributed by atoms with Gasteiger partial charge in [0.1, 0.15) is 5.82 Å². The Labute approximate surface area is 161 Å². The maximum Gasteiger partial charge on any atom is 0.319 e. The van der Waals surface area contributed by atoms with Crippen LogP contribution in [0.5, 0.6) is 0 Å². The second kappa shape index (κ2) is 9.89. The van der Waals surface area contributed by atoms with E-state index in [0.717, 1.165) is 11.4 Å². The second-order valence-electron chi connectivity index (χ2n) is 7.01. The van der Waals surface area contributed by atoms with Crippen molar-refractivity contribution in [1.29, 1.82) is 0 Å². The molecular weight excluding hydrogens is 342 g/mol. The molecule has 0 aliphatic carbocycles. The van der Waals surface area contributed by atoms with E-state index in [9.17, 15) is 9.90 Å². The van der Waals surface area contributed by atoms with E-state index in [1.165, 1.54) is 0 Å². The topological polar surface area (TPSA) is 80.7 Å². The Morgan fingerprint density at radius 2 is 1.81 bits per heavy atom. The van der Waals surface area contributed by atoms with Gasteiger partial charge in [-0.1, -0.05) is 30.3 Å². The van der Waals surface area contributed by atoms with Crippen LogP contribution in [0, 0.1) is 5.92 Å². The third kappa shape index (κ3) is 6.54. The zero-order valence-corrected chi connectivity index (χ0v) is 16.4. The summed E-state index contributed by atoms with van der Waals surface area (Å²) in [5.74, 6) is 0.681. The van der Waals surface area contributed by atoms with Crippen molar-refractivity contribution >= 4 is 17.5 Å². The molecule has 27 heavy (non-hydrogen) atoms. The van der Waals surface area contributed by atoms with E-state index >= 15 is 0 Å². The van der Waals surface area contributed by atoms with E-state index in [-0.39, 0.29) is 11.9 Å². The molecule has 7 heteroatoms. The average molecular weight is 371 g/mol. The number of hydrogen-bond acceptors (Lipinski definition) is 5. The van der Waals surface area contributed by atoms with Crippen LogP contribution in [-0.2, 0) is 0 Å². The number of aliphatic hydroxyl groups excluding tert-OH is 1. The Balaban J connectivity index is 1.94. The third-order valence-corrected chi connectivity index (χ3v) is 4.18. The van der Waals surface area contributed by atoms with Gasteiger partial charge in [-0.25, -0.2) is 9.78 Å². The summed E-state index contributed by atoms with van der Waals surface area (Å²) in [6.07, 6.45) is 0.959. The predicted molar refractivity (Wildman–Crippen MR) is 109 cm³/mol. The van der Waals surface area contributed by atoms with Gasteiger partial charge in [-0.05, 0) is 31.8 Å². The van der Waals surface area contributed by atoms with Crippen molar-refractivity contribution in [3.63, 3.8) is 0 Å². The molecule has 1 aromatic heterocycles. The maximum atomic E-state index is 12.2. The monoisotopic (exact) mass is 371 g/mol. The van der Waals surface area contributed by atoms with Gasteiger partial charge in [-0.2, -0.15) is 0 Å². The van der Waals surface area contributed by atoms with E-state index in [0.29, 0.717) is 18.8 Å². The molecule has 0 saturated heterocycles. The summed E-state index contributed by atoms with van der Waals surface area (Å²) in [5.41, 5.74) is 1.46. The van der Waals surface area contributed by atoms with Gasteiger partial charge in [0, 0.05) is 33.1 Å². The Morgan fingerprint density at radius 1 is 1.11 bits per heavy atom. The van der Waals surface area contributed by atoms with Crippen molar-refractivity contribution in [1.82, 2.24) is 15.2 Å². The number of aliphatic hydroxyl groups is 1. The zero-order valence-electron chi connectivity index (χ0n) is 16.4. The molecule has 2 amide bonds. The molecule has 0 saturated carbocycles. The van der Waals surface area contributed by atoms with Crippen molar-refractivity contribution in [3.05, 3.63) is 54.2 Å². The van der Waals surface area contributed by atoms with Crippen LogP contribution in [0.3, 0.4) is 0 Å². The Morgan fingerprint density at radius 3 is 2.37 bits per heavy atom. The Bertz CT molecular complexity index is 704. The molecule has 146 valence electrons. The lowest BCUT2D eigenvalue weighted by molar-refractivity contribution is 0.0911. The standard InChI is InChI=1S/C20H29N5O2/c1-24(2)14-16(19(26)15-8-6-5-7-9-15)12-22-20(27)23-17-10-11-18(21-13-17)25(3)4/h5-11,13,16,19,26H,12,14H2,1-4H3,(H2,22,23,27)/t16-,19-/m0/s1. The predicted octanol–water partition coefficient (Wildman–Crippen LogP) is 2.18. The number of pyridine rings is 1. The molecule has 2 aromatic rings. The number of carbonyl (C=O) groups is 1. The smallest absolute Gasteiger partial charge is 0.319 e. The lowest BCUT2D eigenvalue weighted by Crippen LogP contribution is -2.39. The first-order valence-electron chi connectivity index (χ1n) is 8.92. The molecule has 2 atom stereocenters. The van der Waals surface area contributed by atoms with Crippen LogP contribution in [0.2, 0.25) is 0 Å². The molecule has 0 radical (unpaired) electrons. The number of hydrogen-bond donors (Lipinski definition) is 3. The lowest BCUT2D eigenvalue weighted by Gasteiger charge is -2.26. The SMILES string of the molecule is CN(C)C[C@H](CNC(=O)Nc1ccc(N(C)C)nc1)[C@@H](O)c1ccccc1. The first kappa shape index (κ1) is 20.7. The number of nitrogens with one attached hydrogen (secondary N) is 2. The van der Waals surface area contributed by atoms with Gasteiger partial charge in [0.15, 0.2) is 0 Å². The fourth-order valence-electron chi connectivity index (χ4n) is 2.79. The van der Waals surface area contributed by atoms with Gasteiger partial charge in [-0.15, -0.1) is 0 Å². The number of aromatic nitrogens is 1. The number of benzene rings is 1. The van der Waals surface area contributed by atoms with Crippen molar-refractivity contribution < 1.29 is 9.90 Å². The van der Waals surface area contributed by atoms with Gasteiger partial charge < -0.3 is 25.5 Å². The molecule has 1 heterocycles. The number of rotatable bonds is 8. The highest BCUT2D eigenvalue weighted by Gasteiger charge is 2.22. The van der Waals surface area contributed by atoms with Crippen molar-refractivity contribution in [2.24, 2.45) is 5.92 Å². The summed E-state index contributed by atoms with van der Waals surface area (Å²) >= 11 is 0. The van der Waals surface area contributed by atoms with Crippen LogP contribution < -0.4 is 15.5 Å². The molecule has 0 fully saturated rings. The molecule has 2 rings (SSSR count). The molecule has 0 unspecified atom stereocenters. The Kier molecular flexibility index (Phi) is 7.57. The summed E-state index contributed by atoms with van der Waals surface area (Å²) in [7, 11) is 7.71. The number of nitrogens with zero attached hydrogens (tertiary/aromatic N) is 3. The van der Waals surface area contributed by atoms with Crippen molar-refractivity contribution in [2.45, 2.75) is 6.10 Å². The van der Waals surface area contributed by atoms with E-state index < -0.39 is 6.10 Å². The molecule has 7 nitrogen and oxygen atoms in total. The summed E-state index contributed by atoms with van der Waals surface area (Å²) in [6, 6.07) is 12.8. The lowest BCUT2D eigenvalue weighted by atomic mass is 9.95. The Hall–Kier alpha value is -2.64. The minimum Gasteiger partial charge on any atom is -0.388 e. The number of urea groups is 1. The van der Waals surface area contributed by atoms with Gasteiger partial charge in [-0.3, -0.25) is 0 Å². The first-order chi connectivity index (χ1) is 12.9. The number of anilines is 2. The van der Waals surface area contributed by atoms with E-state index in [2.05, 4.69) is 15.6 Å². The highest BCUT2D eigenvalue weighted by molar-refractivity contribution is 5.89. The largest absolute Gasteiger partial charge is 0.388 e. The first-order valence-corrected chi connectivity index (χ1v) is 8.92. The molecule has 0 bridgehead atoms. The third-order valence-electron chi connectivity index (χ3n) is 4.18. The van der Waals surface area contributed by atoms with Gasteiger partial charge in [0.2, 0.25) is 0 Å². The fraction of sp³-hybridized carbons (Fsp3) is 0.400. The van der Waals surface area contributed by atoms with Crippen LogP contribution in [0.4, 0.5) is 16.3 Å². The van der Waals surface area contributed by atoms with E-state index in [1.807, 2.05) is 74.4 Å². The highest BCUT2D eigenvalue weighted by Crippen LogP contribution is 2.22. The van der Waals surface area contributed by atoms with Crippen molar-refractivity contribution in [2.75, 3.05) is 51.5 Å². The molecule has 3 N–H and O–H groups in total. The van der Waals surface area contributed by atoms with E-state index in [1.54, 1.807) is 12.3 Å². The van der Waals surface area contributed by atoms with Crippen LogP contribution >= 0.6 is 0 Å². The number of amides is 2. The molecular formula is C20H29N5O2. The second-order valence-corrected chi connectivity index (χ2v) is 7.01. The fourth-order valence-corrected chi connectivity index (χ4v) is 2.79. The summed E-state index contributed by atoms with van der Waals surface area (Å²) in [5, 5.41) is 16.3. The molecule has 0 aliphatic heterocycles. The summed E-state index contributed by atoms with van der Waals surface area (Å²) < 4.78 is 0. The number of carbonyl (C=O) groups excluding carboxylic acids is 1. The molecule has 0 spiro atoms. The van der Waals surface area contributed by atoms with Crippen LogP contribution in [0.25, 0.3) is 0 Å². The molecule has 1 aromatic carbocycles. The van der Waals surface area contributed by atoms with Gasteiger partial charge in [0.25, 0.3) is 0 Å². The summed E-state index contributed by atoms with van der Waals surface area (Å²) in [6.45, 7) is 0.999. The zero-order chi connectivity index (χ0) is 19.8. The minimum absolute atomic E-state index is 0.137. The average Bonchev–Trinajstić information content (AvgIpc) is 2.65. The van der Waals surface area contributed by atoms with Gasteiger partial charge in [0.05, 0.1) is 18.0 Å². The highest BCUT2D eigenvalue weighted by atomic mass is 16.3. The quantitative estimate of drug-likeness (QED) is 0.663. The normalized spacial score (nSPS) is 13.1.